The number of carbonyl (C=O) groups is 1. The van der Waals surface area contributed by atoms with Crippen molar-refractivity contribution < 1.29 is 9.53 Å². The van der Waals surface area contributed by atoms with Crippen molar-refractivity contribution in [3.63, 3.8) is 0 Å². The van der Waals surface area contributed by atoms with Crippen molar-refractivity contribution >= 4 is 17.5 Å². The van der Waals surface area contributed by atoms with Gasteiger partial charge in [0.05, 0.1) is 18.2 Å². The third-order valence-corrected chi connectivity index (χ3v) is 3.89. The molecule has 1 aliphatic carbocycles. The molecule has 0 aromatic carbocycles. The monoisotopic (exact) mass is 215 g/mol. The van der Waals surface area contributed by atoms with E-state index in [2.05, 4.69) is 5.32 Å². The Kier molecular flexibility index (Phi) is 1.83. The van der Waals surface area contributed by atoms with E-state index in [1.807, 2.05) is 0 Å². The van der Waals surface area contributed by atoms with E-state index < -0.39 is 5.38 Å². The molecule has 2 saturated heterocycles. The summed E-state index contributed by atoms with van der Waals surface area (Å²) in [6.45, 7) is 1.70. The van der Waals surface area contributed by atoms with Crippen LogP contribution in [0.25, 0.3) is 0 Å². The van der Waals surface area contributed by atoms with Crippen LogP contribution in [0, 0.1) is 11.8 Å². The number of hydrogen-bond acceptors (Lipinski definition) is 2. The number of nitrogens with one attached hydrogen (secondary N) is 1. The third-order valence-electron chi connectivity index (χ3n) is 3.69. The van der Waals surface area contributed by atoms with Crippen molar-refractivity contribution in [2.75, 3.05) is 0 Å². The first-order valence-corrected chi connectivity index (χ1v) is 5.70. The standard InChI is InChI=1S/C10H14ClNO2/c1-4(11)10(13)12-7-3-8-5-2-6(5)9(7)14-8/h4-9H,2-3H2,1H3,(H,12,13). The first kappa shape index (κ1) is 8.98. The number of ether oxygens (including phenoxy) is 1. The van der Waals surface area contributed by atoms with Crippen molar-refractivity contribution in [2.45, 2.75) is 43.4 Å². The highest BCUT2D eigenvalue weighted by Gasteiger charge is 2.62. The van der Waals surface area contributed by atoms with E-state index in [4.69, 9.17) is 16.3 Å². The molecule has 3 rings (SSSR count). The van der Waals surface area contributed by atoms with Gasteiger partial charge >= 0.3 is 0 Å². The molecule has 0 spiro atoms. The lowest BCUT2D eigenvalue weighted by atomic mass is 9.95. The van der Waals surface area contributed by atoms with Gasteiger partial charge in [-0.3, -0.25) is 4.79 Å². The molecule has 1 N–H and O–H groups in total. The topological polar surface area (TPSA) is 38.3 Å². The smallest absolute Gasteiger partial charge is 0.238 e. The molecule has 1 saturated carbocycles. The van der Waals surface area contributed by atoms with Gasteiger partial charge in [0.1, 0.15) is 5.38 Å². The molecule has 2 heterocycles. The van der Waals surface area contributed by atoms with Crippen LogP contribution in [-0.2, 0) is 9.53 Å². The maximum absolute atomic E-state index is 11.4. The predicted molar refractivity (Wildman–Crippen MR) is 52.1 cm³/mol. The van der Waals surface area contributed by atoms with Gasteiger partial charge in [0.15, 0.2) is 0 Å². The summed E-state index contributed by atoms with van der Waals surface area (Å²) in [6.07, 6.45) is 2.99. The van der Waals surface area contributed by atoms with Crippen LogP contribution in [0.2, 0.25) is 0 Å². The first-order valence-electron chi connectivity index (χ1n) is 5.26. The van der Waals surface area contributed by atoms with E-state index in [1.54, 1.807) is 6.92 Å². The molecule has 2 bridgehead atoms. The van der Waals surface area contributed by atoms with Crippen molar-refractivity contribution in [3.8, 4) is 0 Å². The molecule has 14 heavy (non-hydrogen) atoms. The highest BCUT2D eigenvalue weighted by Crippen LogP contribution is 2.58. The summed E-state index contributed by atoms with van der Waals surface area (Å²) in [5.74, 6) is 1.47. The van der Waals surface area contributed by atoms with Gasteiger partial charge in [-0.05, 0) is 31.6 Å². The Bertz CT molecular complexity index is 281. The van der Waals surface area contributed by atoms with Crippen LogP contribution in [-0.4, -0.2) is 29.5 Å². The van der Waals surface area contributed by atoms with Gasteiger partial charge in [0.25, 0.3) is 0 Å². The number of hydrogen-bond donors (Lipinski definition) is 1. The molecule has 3 aliphatic rings. The van der Waals surface area contributed by atoms with Gasteiger partial charge in [0.2, 0.25) is 5.91 Å². The molecule has 4 heteroatoms. The molecule has 0 aromatic heterocycles. The zero-order valence-electron chi connectivity index (χ0n) is 8.07. The minimum atomic E-state index is -0.441. The van der Waals surface area contributed by atoms with Crippen LogP contribution in [0.5, 0.6) is 0 Å². The molecular weight excluding hydrogens is 202 g/mol. The molecule has 0 radical (unpaired) electrons. The highest BCUT2D eigenvalue weighted by molar-refractivity contribution is 6.30. The van der Waals surface area contributed by atoms with Crippen molar-refractivity contribution in [2.24, 2.45) is 11.8 Å². The molecule has 6 unspecified atom stereocenters. The van der Waals surface area contributed by atoms with Gasteiger partial charge in [-0.2, -0.15) is 0 Å². The highest BCUT2D eigenvalue weighted by atomic mass is 35.5. The third kappa shape index (κ3) is 1.18. The van der Waals surface area contributed by atoms with E-state index in [1.165, 1.54) is 6.42 Å². The lowest BCUT2D eigenvalue weighted by Crippen LogP contribution is -2.44. The normalized spacial score (nSPS) is 50.0. The molecule has 3 nitrogen and oxygen atoms in total. The SMILES string of the molecule is CC(Cl)C(=O)NC1CC2OC1C1CC21. The average Bonchev–Trinajstić information content (AvgIpc) is 2.75. The summed E-state index contributed by atoms with van der Waals surface area (Å²) < 4.78 is 5.77. The Morgan fingerprint density at radius 1 is 1.50 bits per heavy atom. The van der Waals surface area contributed by atoms with Crippen molar-refractivity contribution in [3.05, 3.63) is 0 Å². The fraction of sp³-hybridized carbons (Fsp3) is 0.900. The summed E-state index contributed by atoms with van der Waals surface area (Å²) in [7, 11) is 0. The van der Waals surface area contributed by atoms with Crippen LogP contribution < -0.4 is 5.32 Å². The molecular formula is C10H14ClNO2. The number of halogens is 1. The summed E-state index contributed by atoms with van der Waals surface area (Å²) >= 11 is 5.70. The van der Waals surface area contributed by atoms with Crippen molar-refractivity contribution in [1.29, 1.82) is 0 Å². The Morgan fingerprint density at radius 2 is 2.29 bits per heavy atom. The van der Waals surface area contributed by atoms with Crippen LogP contribution in [0.15, 0.2) is 0 Å². The average molecular weight is 216 g/mol. The quantitative estimate of drug-likeness (QED) is 0.696. The number of fused-ring (bicyclic) bond motifs is 5. The maximum Gasteiger partial charge on any atom is 0.238 e. The molecule has 78 valence electrons. The number of amides is 1. The number of carbonyl (C=O) groups excluding carboxylic acids is 1. The van der Waals surface area contributed by atoms with E-state index >= 15 is 0 Å². The van der Waals surface area contributed by atoms with Crippen LogP contribution in [0.3, 0.4) is 0 Å². The van der Waals surface area contributed by atoms with Gasteiger partial charge in [-0.25, -0.2) is 0 Å². The zero-order chi connectivity index (χ0) is 9.87. The number of alkyl halides is 1. The van der Waals surface area contributed by atoms with Gasteiger partial charge < -0.3 is 10.1 Å². The van der Waals surface area contributed by atoms with E-state index in [0.29, 0.717) is 6.10 Å². The van der Waals surface area contributed by atoms with E-state index in [-0.39, 0.29) is 18.1 Å². The second kappa shape index (κ2) is 2.86. The van der Waals surface area contributed by atoms with Gasteiger partial charge in [-0.15, -0.1) is 11.6 Å². The van der Waals surface area contributed by atoms with E-state index in [9.17, 15) is 4.79 Å². The first-order chi connectivity index (χ1) is 6.66. The minimum absolute atomic E-state index is 0.0648. The zero-order valence-corrected chi connectivity index (χ0v) is 8.83. The van der Waals surface area contributed by atoms with Crippen LogP contribution in [0.1, 0.15) is 19.8 Å². The molecule has 3 fully saturated rings. The van der Waals surface area contributed by atoms with Gasteiger partial charge in [0, 0.05) is 0 Å². The molecule has 1 amide bonds. The van der Waals surface area contributed by atoms with E-state index in [0.717, 1.165) is 18.3 Å². The van der Waals surface area contributed by atoms with Crippen LogP contribution >= 0.6 is 11.6 Å². The second-order valence-corrected chi connectivity index (χ2v) is 5.32. The fourth-order valence-corrected chi connectivity index (χ4v) is 2.95. The Morgan fingerprint density at radius 3 is 2.86 bits per heavy atom. The minimum Gasteiger partial charge on any atom is -0.372 e. The van der Waals surface area contributed by atoms with Crippen LogP contribution in [0.4, 0.5) is 0 Å². The maximum atomic E-state index is 11.4. The summed E-state index contributed by atoms with van der Waals surface area (Å²) in [5, 5.41) is 2.53. The summed E-state index contributed by atoms with van der Waals surface area (Å²) in [6, 6.07) is 0.220. The second-order valence-electron chi connectivity index (χ2n) is 4.67. The van der Waals surface area contributed by atoms with Crippen molar-refractivity contribution in [1.82, 2.24) is 5.32 Å². The lowest BCUT2D eigenvalue weighted by molar-refractivity contribution is -0.121. The number of rotatable bonds is 2. The molecule has 6 atom stereocenters. The molecule has 2 aliphatic heterocycles. The summed E-state index contributed by atoms with van der Waals surface area (Å²) in [4.78, 5) is 11.4. The fourth-order valence-electron chi connectivity index (χ4n) is 2.89. The lowest BCUT2D eigenvalue weighted by Gasteiger charge is -2.20. The Hall–Kier alpha value is -0.280. The Balaban J connectivity index is 1.63. The summed E-state index contributed by atoms with van der Waals surface area (Å²) in [5.41, 5.74) is 0. The molecule has 0 aromatic rings. The van der Waals surface area contributed by atoms with Gasteiger partial charge in [-0.1, -0.05) is 0 Å². The Labute approximate surface area is 88.1 Å². The largest absolute Gasteiger partial charge is 0.372 e. The predicted octanol–water partition coefficient (Wildman–Crippen LogP) is 0.906.